The van der Waals surface area contributed by atoms with E-state index in [1.807, 2.05) is 0 Å². The van der Waals surface area contributed by atoms with Crippen LogP contribution >= 0.6 is 0 Å². The van der Waals surface area contributed by atoms with Gasteiger partial charge in [0.1, 0.15) is 11.6 Å². The Balaban J connectivity index is 1.70. The summed E-state index contributed by atoms with van der Waals surface area (Å²) >= 11 is 0. The van der Waals surface area contributed by atoms with Crippen LogP contribution in [0.4, 0.5) is 11.4 Å². The molecule has 0 fully saturated rings. The number of carbonyl (C=O) groups is 1. The third-order valence-corrected chi connectivity index (χ3v) is 6.69. The standard InChI is InChI=1S/C30H34N2O/c1-21-10-15-26(16-11-21)20-28(19-14-23(3)33)32-25(5)31(29-8-6-7-9-30(29)32)24(4)27-17-12-22(2)13-18-27/h6-13,15-18,24,28H,5,14,19-20H2,1-4H3/t24?,28-/m1/s1. The summed E-state index contributed by atoms with van der Waals surface area (Å²) in [5, 5.41) is 0. The van der Waals surface area contributed by atoms with E-state index in [-0.39, 0.29) is 17.9 Å². The van der Waals surface area contributed by atoms with Gasteiger partial charge in [0, 0.05) is 12.5 Å². The van der Waals surface area contributed by atoms with E-state index < -0.39 is 0 Å². The molecule has 0 radical (unpaired) electrons. The zero-order valence-electron chi connectivity index (χ0n) is 20.2. The molecule has 0 spiro atoms. The molecule has 0 aromatic heterocycles. The summed E-state index contributed by atoms with van der Waals surface area (Å²) in [5.74, 6) is 1.21. The van der Waals surface area contributed by atoms with Gasteiger partial charge in [-0.1, -0.05) is 78.4 Å². The van der Waals surface area contributed by atoms with Gasteiger partial charge in [0.25, 0.3) is 0 Å². The zero-order chi connectivity index (χ0) is 23.5. The topological polar surface area (TPSA) is 23.6 Å². The average Bonchev–Trinajstić information content (AvgIpc) is 3.09. The fourth-order valence-electron chi connectivity index (χ4n) is 4.79. The minimum atomic E-state index is 0.150. The lowest BCUT2D eigenvalue weighted by Crippen LogP contribution is -2.38. The highest BCUT2D eigenvalue weighted by atomic mass is 16.1. The maximum absolute atomic E-state index is 11.9. The molecule has 3 aromatic rings. The first-order valence-corrected chi connectivity index (χ1v) is 11.8. The van der Waals surface area contributed by atoms with Crippen LogP contribution in [0.15, 0.2) is 85.2 Å². The van der Waals surface area contributed by atoms with Crippen LogP contribution in [0.5, 0.6) is 0 Å². The molecule has 0 saturated carbocycles. The molecule has 0 aliphatic carbocycles. The first-order chi connectivity index (χ1) is 15.8. The van der Waals surface area contributed by atoms with Crippen LogP contribution in [-0.2, 0) is 11.2 Å². The van der Waals surface area contributed by atoms with E-state index in [0.29, 0.717) is 6.42 Å². The molecular formula is C30H34N2O. The van der Waals surface area contributed by atoms with Crippen LogP contribution in [0.2, 0.25) is 0 Å². The number of hydrogen-bond acceptors (Lipinski definition) is 3. The first kappa shape index (κ1) is 22.8. The van der Waals surface area contributed by atoms with E-state index in [0.717, 1.165) is 18.7 Å². The summed E-state index contributed by atoms with van der Waals surface area (Å²) in [7, 11) is 0. The largest absolute Gasteiger partial charge is 0.323 e. The number of hydrogen-bond donors (Lipinski definition) is 0. The number of ketones is 1. The van der Waals surface area contributed by atoms with E-state index in [2.05, 4.69) is 110 Å². The lowest BCUT2D eigenvalue weighted by molar-refractivity contribution is -0.117. The number of para-hydroxylation sites is 2. The Morgan fingerprint density at radius 3 is 1.97 bits per heavy atom. The van der Waals surface area contributed by atoms with Gasteiger partial charge in [-0.05, 0) is 63.8 Å². The quantitative estimate of drug-likeness (QED) is 0.373. The molecule has 1 aliphatic heterocycles. The zero-order valence-corrected chi connectivity index (χ0v) is 20.2. The normalized spacial score (nSPS) is 14.8. The predicted octanol–water partition coefficient (Wildman–Crippen LogP) is 7.14. The summed E-state index contributed by atoms with van der Waals surface area (Å²) in [6.45, 7) is 12.7. The van der Waals surface area contributed by atoms with Crippen molar-refractivity contribution in [1.82, 2.24) is 0 Å². The van der Waals surface area contributed by atoms with Crippen molar-refractivity contribution in [2.45, 2.75) is 59.0 Å². The smallest absolute Gasteiger partial charge is 0.129 e. The minimum absolute atomic E-state index is 0.150. The molecule has 3 nitrogen and oxygen atoms in total. The Kier molecular flexibility index (Phi) is 6.69. The number of nitrogens with zero attached hydrogens (tertiary/aromatic N) is 2. The number of fused-ring (bicyclic) bond motifs is 1. The molecule has 1 unspecified atom stereocenters. The fraction of sp³-hybridized carbons (Fsp3) is 0.300. The van der Waals surface area contributed by atoms with Crippen molar-refractivity contribution < 1.29 is 4.79 Å². The number of carbonyl (C=O) groups excluding carboxylic acids is 1. The number of benzene rings is 3. The van der Waals surface area contributed by atoms with Crippen LogP contribution in [0.25, 0.3) is 0 Å². The molecule has 0 saturated heterocycles. The van der Waals surface area contributed by atoms with E-state index in [1.165, 1.54) is 33.6 Å². The van der Waals surface area contributed by atoms with Crippen molar-refractivity contribution in [1.29, 1.82) is 0 Å². The van der Waals surface area contributed by atoms with E-state index in [4.69, 9.17) is 0 Å². The van der Waals surface area contributed by atoms with Crippen molar-refractivity contribution in [3.63, 3.8) is 0 Å². The second-order valence-corrected chi connectivity index (χ2v) is 9.32. The second-order valence-electron chi connectivity index (χ2n) is 9.32. The van der Waals surface area contributed by atoms with E-state index in [1.54, 1.807) is 6.92 Å². The highest BCUT2D eigenvalue weighted by Crippen LogP contribution is 2.47. The number of rotatable bonds is 8. The van der Waals surface area contributed by atoms with Gasteiger partial charge in [-0.25, -0.2) is 0 Å². The molecule has 170 valence electrons. The molecule has 2 atom stereocenters. The Morgan fingerprint density at radius 2 is 1.39 bits per heavy atom. The van der Waals surface area contributed by atoms with Crippen molar-refractivity contribution in [3.05, 3.63) is 107 Å². The summed E-state index contributed by atoms with van der Waals surface area (Å²) in [6, 6.07) is 26.3. The van der Waals surface area contributed by atoms with Gasteiger partial charge < -0.3 is 14.6 Å². The Bertz CT molecular complexity index is 1130. The highest BCUT2D eigenvalue weighted by molar-refractivity contribution is 5.83. The van der Waals surface area contributed by atoms with E-state index in [9.17, 15) is 4.79 Å². The summed E-state index contributed by atoms with van der Waals surface area (Å²) in [4.78, 5) is 16.6. The van der Waals surface area contributed by atoms with Crippen LogP contribution in [-0.4, -0.2) is 11.8 Å². The number of aryl methyl sites for hydroxylation is 2. The predicted molar refractivity (Wildman–Crippen MR) is 139 cm³/mol. The summed E-state index contributed by atoms with van der Waals surface area (Å²) in [6.07, 6.45) is 2.23. The van der Waals surface area contributed by atoms with Gasteiger partial charge in [-0.15, -0.1) is 0 Å². The third-order valence-electron chi connectivity index (χ3n) is 6.69. The highest BCUT2D eigenvalue weighted by Gasteiger charge is 2.37. The summed E-state index contributed by atoms with van der Waals surface area (Å²) in [5.41, 5.74) is 7.40. The third kappa shape index (κ3) is 4.88. The lowest BCUT2D eigenvalue weighted by atomic mass is 9.98. The van der Waals surface area contributed by atoms with Gasteiger partial charge in [0.05, 0.1) is 17.4 Å². The van der Waals surface area contributed by atoms with Crippen LogP contribution in [0.3, 0.4) is 0 Å². The molecule has 1 heterocycles. The van der Waals surface area contributed by atoms with E-state index >= 15 is 0 Å². The van der Waals surface area contributed by atoms with Gasteiger partial charge in [-0.3, -0.25) is 0 Å². The summed E-state index contributed by atoms with van der Waals surface area (Å²) < 4.78 is 0. The SMILES string of the molecule is C=C1N(C(C)c2ccc(C)cc2)c2ccccc2N1[C@H](CCC(C)=O)Cc1ccc(C)cc1. The van der Waals surface area contributed by atoms with Gasteiger partial charge in [-0.2, -0.15) is 0 Å². The minimum Gasteiger partial charge on any atom is -0.323 e. The van der Waals surface area contributed by atoms with Crippen LogP contribution < -0.4 is 9.80 Å². The van der Waals surface area contributed by atoms with Gasteiger partial charge >= 0.3 is 0 Å². The average molecular weight is 439 g/mol. The monoisotopic (exact) mass is 438 g/mol. The molecule has 0 N–H and O–H groups in total. The molecule has 1 aliphatic rings. The maximum Gasteiger partial charge on any atom is 0.129 e. The lowest BCUT2D eigenvalue weighted by Gasteiger charge is -2.34. The molecule has 3 heteroatoms. The van der Waals surface area contributed by atoms with Crippen molar-refractivity contribution in [2.24, 2.45) is 0 Å². The molecule has 33 heavy (non-hydrogen) atoms. The molecule has 4 rings (SSSR count). The molecule has 0 amide bonds. The number of anilines is 2. The van der Waals surface area contributed by atoms with Crippen molar-refractivity contribution >= 4 is 17.2 Å². The van der Waals surface area contributed by atoms with Crippen LogP contribution in [0, 0.1) is 13.8 Å². The molecule has 3 aromatic carbocycles. The van der Waals surface area contributed by atoms with Gasteiger partial charge in [0.2, 0.25) is 0 Å². The maximum atomic E-state index is 11.9. The Hall–Kier alpha value is -3.33. The Morgan fingerprint density at radius 1 is 0.848 bits per heavy atom. The molecule has 0 bridgehead atoms. The van der Waals surface area contributed by atoms with Crippen LogP contribution in [0.1, 0.15) is 55.0 Å². The number of Topliss-reactive ketones (excluding diaryl/α,β-unsaturated/α-hetero) is 1. The van der Waals surface area contributed by atoms with Crippen molar-refractivity contribution in [3.8, 4) is 0 Å². The van der Waals surface area contributed by atoms with Gasteiger partial charge in [0.15, 0.2) is 0 Å². The molecular weight excluding hydrogens is 404 g/mol. The first-order valence-electron chi connectivity index (χ1n) is 11.8. The van der Waals surface area contributed by atoms with Crippen molar-refractivity contribution in [2.75, 3.05) is 9.80 Å². The fourth-order valence-corrected chi connectivity index (χ4v) is 4.79. The second kappa shape index (κ2) is 9.66. The Labute approximate surface area is 198 Å².